The highest BCUT2D eigenvalue weighted by atomic mass is 32.2. The smallest absolute Gasteiger partial charge is 0.240 e. The van der Waals surface area contributed by atoms with E-state index < -0.39 is 10.8 Å². The molecule has 0 aromatic carbocycles. The van der Waals surface area contributed by atoms with Gasteiger partial charge in [0.05, 0.1) is 6.07 Å². The van der Waals surface area contributed by atoms with Crippen molar-refractivity contribution in [1.29, 1.82) is 5.26 Å². The molecule has 0 aliphatic carbocycles. The van der Waals surface area contributed by atoms with Gasteiger partial charge in [0.15, 0.2) is 0 Å². The number of nitrogen functional groups attached to an aromatic ring is 1. The molecule has 58 valence electrons. The summed E-state index contributed by atoms with van der Waals surface area (Å²) in [5.41, 5.74) is 5.14. The van der Waals surface area contributed by atoms with Gasteiger partial charge in [-0.15, -0.1) is 5.10 Å². The van der Waals surface area contributed by atoms with Crippen LogP contribution in [0.2, 0.25) is 0 Å². The molecule has 0 radical (unpaired) electrons. The van der Waals surface area contributed by atoms with E-state index in [1.807, 2.05) is 0 Å². The van der Waals surface area contributed by atoms with Gasteiger partial charge >= 0.3 is 0 Å². The van der Waals surface area contributed by atoms with E-state index in [2.05, 4.69) is 15.2 Å². The Labute approximate surface area is 64.9 Å². The molecule has 0 saturated heterocycles. The zero-order chi connectivity index (χ0) is 8.27. The van der Waals surface area contributed by atoms with E-state index in [1.165, 1.54) is 0 Å². The van der Waals surface area contributed by atoms with Crippen molar-refractivity contribution >= 4 is 16.7 Å². The Kier molecular flexibility index (Phi) is 2.18. The van der Waals surface area contributed by atoms with Gasteiger partial charge in [-0.25, -0.2) is 0 Å². The van der Waals surface area contributed by atoms with E-state index in [0.29, 0.717) is 0 Å². The fourth-order valence-corrected chi connectivity index (χ4v) is 1.08. The topological polar surface area (TPSA) is 108 Å². The lowest BCUT2D eigenvalue weighted by Crippen LogP contribution is -1.97. The number of H-pyrrole nitrogens is 1. The summed E-state index contributed by atoms with van der Waals surface area (Å²) >= 11 is 0. The number of aromatic amines is 1. The number of nitriles is 1. The van der Waals surface area contributed by atoms with Gasteiger partial charge in [-0.1, -0.05) is 0 Å². The molecule has 0 fully saturated rings. The van der Waals surface area contributed by atoms with Crippen LogP contribution in [0.3, 0.4) is 0 Å². The van der Waals surface area contributed by atoms with Crippen LogP contribution in [0.25, 0.3) is 0 Å². The number of nitrogens with one attached hydrogen (secondary N) is 1. The second-order valence-electron chi connectivity index (χ2n) is 1.65. The number of nitrogens with two attached hydrogens (primary N) is 1. The van der Waals surface area contributed by atoms with Gasteiger partial charge in [-0.2, -0.15) is 10.2 Å². The van der Waals surface area contributed by atoms with Crippen molar-refractivity contribution in [3.63, 3.8) is 0 Å². The minimum absolute atomic E-state index is 0.0336. The summed E-state index contributed by atoms with van der Waals surface area (Å²) in [4.78, 5) is 3.59. The molecule has 0 bridgehead atoms. The van der Waals surface area contributed by atoms with Crippen molar-refractivity contribution < 1.29 is 4.21 Å². The number of hydrogen-bond acceptors (Lipinski definition) is 5. The Morgan fingerprint density at radius 3 is 3.00 bits per heavy atom. The highest BCUT2D eigenvalue weighted by Gasteiger charge is 2.06. The lowest BCUT2D eigenvalue weighted by molar-refractivity contribution is 0.678. The fraction of sp³-hybridized carbons (Fsp3) is 0.250. The van der Waals surface area contributed by atoms with Crippen LogP contribution in [0.15, 0.2) is 5.16 Å². The highest BCUT2D eigenvalue weighted by molar-refractivity contribution is 7.85. The average molecular weight is 171 g/mol. The van der Waals surface area contributed by atoms with Crippen LogP contribution in [0.5, 0.6) is 0 Å². The summed E-state index contributed by atoms with van der Waals surface area (Å²) in [6.07, 6.45) is 0. The maximum absolute atomic E-state index is 11.0. The summed E-state index contributed by atoms with van der Waals surface area (Å²) in [6, 6.07) is 1.75. The fourth-order valence-electron chi connectivity index (χ4n) is 0.488. The molecule has 7 heteroatoms. The standard InChI is InChI=1S/C4H5N5OS/c5-1-2-11(10)4-7-3(6)8-9-4/h2H2,(H3,6,7,8,9). The van der Waals surface area contributed by atoms with Gasteiger partial charge < -0.3 is 5.73 Å². The molecule has 1 atom stereocenters. The van der Waals surface area contributed by atoms with E-state index in [0.717, 1.165) is 0 Å². The van der Waals surface area contributed by atoms with Crippen LogP contribution in [-0.2, 0) is 10.8 Å². The molecule has 3 N–H and O–H groups in total. The van der Waals surface area contributed by atoms with Crippen molar-refractivity contribution in [2.24, 2.45) is 0 Å². The second-order valence-corrected chi connectivity index (χ2v) is 3.01. The second kappa shape index (κ2) is 3.12. The zero-order valence-corrected chi connectivity index (χ0v) is 6.26. The SMILES string of the molecule is N#CCS(=O)c1nc(N)n[nH]1. The summed E-state index contributed by atoms with van der Waals surface area (Å²) in [5.74, 6) is -0.0689. The molecule has 1 unspecified atom stereocenters. The van der Waals surface area contributed by atoms with Crippen molar-refractivity contribution in [3.8, 4) is 6.07 Å². The third kappa shape index (κ3) is 1.75. The first kappa shape index (κ1) is 7.68. The number of hydrogen-bond donors (Lipinski definition) is 2. The van der Waals surface area contributed by atoms with Gasteiger partial charge in [0.25, 0.3) is 0 Å². The van der Waals surface area contributed by atoms with Crippen molar-refractivity contribution in [2.45, 2.75) is 5.16 Å². The minimum atomic E-state index is -1.43. The van der Waals surface area contributed by atoms with Crippen molar-refractivity contribution in [2.75, 3.05) is 11.5 Å². The Balaban J connectivity index is 2.78. The van der Waals surface area contributed by atoms with Gasteiger partial charge in [-0.05, 0) is 0 Å². The summed E-state index contributed by atoms with van der Waals surface area (Å²) < 4.78 is 11.0. The zero-order valence-electron chi connectivity index (χ0n) is 5.44. The maximum atomic E-state index is 11.0. The molecule has 1 aromatic heterocycles. The van der Waals surface area contributed by atoms with Crippen LogP contribution in [0.4, 0.5) is 5.95 Å². The number of nitrogens with zero attached hydrogens (tertiary/aromatic N) is 3. The van der Waals surface area contributed by atoms with E-state index >= 15 is 0 Å². The van der Waals surface area contributed by atoms with E-state index in [9.17, 15) is 4.21 Å². The predicted octanol–water partition coefficient (Wildman–Crippen LogP) is -0.982. The lowest BCUT2D eigenvalue weighted by atomic mass is 10.9. The first-order valence-electron chi connectivity index (χ1n) is 2.67. The molecule has 6 nitrogen and oxygen atoms in total. The van der Waals surface area contributed by atoms with Gasteiger partial charge in [0, 0.05) is 0 Å². The quantitative estimate of drug-likeness (QED) is 0.594. The van der Waals surface area contributed by atoms with E-state index in [1.54, 1.807) is 6.07 Å². The maximum Gasteiger partial charge on any atom is 0.240 e. The average Bonchev–Trinajstić information content (AvgIpc) is 2.36. The van der Waals surface area contributed by atoms with Crippen LogP contribution in [0, 0.1) is 11.3 Å². The van der Waals surface area contributed by atoms with Gasteiger partial charge in [-0.3, -0.25) is 9.31 Å². The third-order valence-corrected chi connectivity index (χ3v) is 1.90. The molecular weight excluding hydrogens is 166 g/mol. The first-order valence-corrected chi connectivity index (χ1v) is 3.99. The van der Waals surface area contributed by atoms with Crippen LogP contribution >= 0.6 is 0 Å². The minimum Gasteiger partial charge on any atom is -0.366 e. The molecule has 0 amide bonds. The molecule has 0 aliphatic heterocycles. The lowest BCUT2D eigenvalue weighted by Gasteiger charge is -1.85. The molecule has 0 saturated carbocycles. The monoisotopic (exact) mass is 171 g/mol. The summed E-state index contributed by atoms with van der Waals surface area (Å²) in [6.45, 7) is 0. The molecular formula is C4H5N5OS. The van der Waals surface area contributed by atoms with Crippen molar-refractivity contribution in [3.05, 3.63) is 0 Å². The van der Waals surface area contributed by atoms with Gasteiger partial charge in [0.1, 0.15) is 16.6 Å². The molecule has 1 rings (SSSR count). The van der Waals surface area contributed by atoms with Crippen LogP contribution < -0.4 is 5.73 Å². The highest BCUT2D eigenvalue weighted by Crippen LogP contribution is 1.98. The van der Waals surface area contributed by atoms with E-state index in [4.69, 9.17) is 11.0 Å². The first-order chi connectivity index (χ1) is 5.24. The Bertz CT molecular complexity index is 313. The predicted molar refractivity (Wildman–Crippen MR) is 37.7 cm³/mol. The Morgan fingerprint density at radius 1 is 1.82 bits per heavy atom. The van der Waals surface area contributed by atoms with Gasteiger partial charge in [0.2, 0.25) is 11.1 Å². The number of anilines is 1. The van der Waals surface area contributed by atoms with Crippen LogP contribution in [-0.4, -0.2) is 25.1 Å². The third-order valence-electron chi connectivity index (χ3n) is 0.893. The number of rotatable bonds is 2. The molecule has 0 aliphatic rings. The molecule has 1 heterocycles. The summed E-state index contributed by atoms with van der Waals surface area (Å²) in [5, 5.41) is 14.1. The summed E-state index contributed by atoms with van der Waals surface area (Å²) in [7, 11) is -1.43. The normalized spacial score (nSPS) is 12.3. The Morgan fingerprint density at radius 2 is 2.55 bits per heavy atom. The largest absolute Gasteiger partial charge is 0.366 e. The molecule has 11 heavy (non-hydrogen) atoms. The van der Waals surface area contributed by atoms with Crippen LogP contribution in [0.1, 0.15) is 0 Å². The molecule has 1 aromatic rings. The molecule has 0 spiro atoms. The van der Waals surface area contributed by atoms with Crippen molar-refractivity contribution in [1.82, 2.24) is 15.2 Å². The number of aromatic nitrogens is 3. The Hall–Kier alpha value is -1.42. The van der Waals surface area contributed by atoms with E-state index in [-0.39, 0.29) is 16.9 Å².